The second kappa shape index (κ2) is 9.65. The number of methoxy groups -OCH3 is 1. The van der Waals surface area contributed by atoms with E-state index in [1.165, 1.54) is 0 Å². The van der Waals surface area contributed by atoms with Crippen LogP contribution in [-0.4, -0.2) is 28.6 Å². The van der Waals surface area contributed by atoms with Crippen molar-refractivity contribution >= 4 is 8.32 Å². The van der Waals surface area contributed by atoms with Gasteiger partial charge >= 0.3 is 0 Å². The topological polar surface area (TPSA) is 73.9 Å². The highest BCUT2D eigenvalue weighted by atomic mass is 28.4. The van der Waals surface area contributed by atoms with Crippen LogP contribution >= 0.6 is 0 Å². The van der Waals surface area contributed by atoms with Crippen LogP contribution < -0.4 is 9.16 Å². The number of rotatable bonds is 10. The highest BCUT2D eigenvalue weighted by Gasteiger charge is 2.50. The molecule has 2 aliphatic rings. The van der Waals surface area contributed by atoms with Crippen LogP contribution in [0.15, 0.2) is 35.1 Å². The Bertz CT molecular complexity index is 1040. The zero-order valence-corrected chi connectivity index (χ0v) is 23.1. The van der Waals surface area contributed by atoms with E-state index in [4.69, 9.17) is 23.1 Å². The lowest BCUT2D eigenvalue weighted by Gasteiger charge is -2.44. The first-order chi connectivity index (χ1) is 16.6. The molecule has 1 unspecified atom stereocenters. The van der Waals surface area contributed by atoms with Crippen LogP contribution in [0.1, 0.15) is 71.1 Å². The molecule has 7 heteroatoms. The summed E-state index contributed by atoms with van der Waals surface area (Å²) in [7, 11) is -0.458. The lowest BCUT2D eigenvalue weighted by molar-refractivity contribution is -0.173. The molecule has 1 atom stereocenters. The number of fused-ring (bicyclic) bond motifs is 1. The Balaban J connectivity index is 1.63. The minimum Gasteiger partial charge on any atom is -0.540 e. The van der Waals surface area contributed by atoms with Gasteiger partial charge in [-0.05, 0) is 58.8 Å². The lowest BCUT2D eigenvalue weighted by atomic mass is 9.62. The second-order valence-electron chi connectivity index (χ2n) is 10.9. The quantitative estimate of drug-likeness (QED) is 0.335. The van der Waals surface area contributed by atoms with Gasteiger partial charge in [0.25, 0.3) is 8.32 Å². The van der Waals surface area contributed by atoms with Crippen LogP contribution in [0, 0.1) is 11.3 Å². The van der Waals surface area contributed by atoms with E-state index in [-0.39, 0.29) is 0 Å². The molecule has 0 saturated carbocycles. The normalized spacial score (nSPS) is 21.2. The van der Waals surface area contributed by atoms with E-state index in [9.17, 15) is 5.26 Å². The lowest BCUT2D eigenvalue weighted by Crippen LogP contribution is -2.51. The maximum absolute atomic E-state index is 10.3. The Hall–Kier alpha value is -2.27. The van der Waals surface area contributed by atoms with E-state index in [1.54, 1.807) is 19.6 Å². The summed E-state index contributed by atoms with van der Waals surface area (Å²) < 4.78 is 30.1. The van der Waals surface area contributed by atoms with Gasteiger partial charge in [-0.15, -0.1) is 0 Å². The minimum absolute atomic E-state index is 0.460. The first-order valence-electron chi connectivity index (χ1n) is 12.8. The Morgan fingerprint density at radius 2 is 1.66 bits per heavy atom. The standard InChI is InChI=1S/C28H39NO5Si/c1-19(2)35(20(3)4,21(5)6)34-26-14-22-16-27(18-29,24(22)15-25(26)30-7)9-10-28(32-12-13-33-28)23-8-11-31-17-23/h8,11,14-15,17,19-21H,9-10,12-13,16H2,1-7H3. The van der Waals surface area contributed by atoms with Gasteiger partial charge in [0, 0.05) is 12.0 Å². The predicted molar refractivity (Wildman–Crippen MR) is 137 cm³/mol. The van der Waals surface area contributed by atoms with E-state index < -0.39 is 19.5 Å². The Morgan fingerprint density at radius 1 is 1.00 bits per heavy atom. The Labute approximate surface area is 210 Å². The van der Waals surface area contributed by atoms with Crippen molar-refractivity contribution in [3.8, 4) is 17.6 Å². The number of hydrogen-bond acceptors (Lipinski definition) is 6. The summed E-state index contributed by atoms with van der Waals surface area (Å²) >= 11 is 0. The van der Waals surface area contributed by atoms with Crippen molar-refractivity contribution in [2.75, 3.05) is 20.3 Å². The average molecular weight is 498 g/mol. The van der Waals surface area contributed by atoms with Crippen LogP contribution in [0.4, 0.5) is 0 Å². The summed E-state index contributed by atoms with van der Waals surface area (Å²) in [5.41, 5.74) is 3.82. The average Bonchev–Trinajstić information content (AvgIpc) is 3.51. The van der Waals surface area contributed by atoms with Gasteiger partial charge in [-0.3, -0.25) is 0 Å². The second-order valence-corrected chi connectivity index (χ2v) is 16.3. The fourth-order valence-corrected chi connectivity index (χ4v) is 11.7. The largest absolute Gasteiger partial charge is 0.540 e. The first-order valence-corrected chi connectivity index (χ1v) is 14.9. The van der Waals surface area contributed by atoms with Crippen LogP contribution in [0.2, 0.25) is 16.6 Å². The molecule has 1 fully saturated rings. The maximum Gasteiger partial charge on any atom is 0.258 e. The van der Waals surface area contributed by atoms with Gasteiger partial charge in [-0.2, -0.15) is 5.26 Å². The molecule has 190 valence electrons. The van der Waals surface area contributed by atoms with Crippen LogP contribution in [0.5, 0.6) is 11.5 Å². The third-order valence-corrected chi connectivity index (χ3v) is 14.2. The molecule has 35 heavy (non-hydrogen) atoms. The van der Waals surface area contributed by atoms with Gasteiger partial charge in [0.1, 0.15) is 5.75 Å². The van der Waals surface area contributed by atoms with Crippen LogP contribution in [-0.2, 0) is 27.1 Å². The molecule has 1 aromatic heterocycles. The van der Waals surface area contributed by atoms with Crippen molar-refractivity contribution in [1.29, 1.82) is 5.26 Å². The van der Waals surface area contributed by atoms with Crippen molar-refractivity contribution < 1.29 is 23.1 Å². The summed E-state index contributed by atoms with van der Waals surface area (Å²) in [4.78, 5) is 0. The summed E-state index contributed by atoms with van der Waals surface area (Å²) in [6, 6.07) is 8.63. The van der Waals surface area contributed by atoms with Crippen molar-refractivity contribution in [2.24, 2.45) is 0 Å². The van der Waals surface area contributed by atoms with Crippen molar-refractivity contribution in [3.05, 3.63) is 47.4 Å². The summed E-state index contributed by atoms with van der Waals surface area (Å²) in [6.45, 7) is 14.7. The highest BCUT2D eigenvalue weighted by molar-refractivity contribution is 6.78. The van der Waals surface area contributed by atoms with E-state index in [0.29, 0.717) is 54.8 Å². The van der Waals surface area contributed by atoms with E-state index in [0.717, 1.165) is 22.4 Å². The molecular formula is C28H39NO5Si. The number of nitriles is 1. The molecule has 0 bridgehead atoms. The minimum atomic E-state index is -2.14. The molecular weight excluding hydrogens is 458 g/mol. The van der Waals surface area contributed by atoms with Gasteiger partial charge in [-0.25, -0.2) is 0 Å². The zero-order valence-electron chi connectivity index (χ0n) is 22.1. The molecule has 0 spiro atoms. The number of ether oxygens (including phenoxy) is 3. The molecule has 1 aliphatic carbocycles. The van der Waals surface area contributed by atoms with E-state index in [2.05, 4.69) is 53.7 Å². The molecule has 1 aliphatic heterocycles. The Kier molecular flexibility index (Phi) is 7.11. The van der Waals surface area contributed by atoms with E-state index >= 15 is 0 Å². The van der Waals surface area contributed by atoms with Crippen molar-refractivity contribution in [3.63, 3.8) is 0 Å². The molecule has 2 heterocycles. The fraction of sp³-hybridized carbons (Fsp3) is 0.607. The van der Waals surface area contributed by atoms with Gasteiger partial charge < -0.3 is 23.1 Å². The number of nitrogens with zero attached hydrogens (tertiary/aromatic N) is 1. The van der Waals surface area contributed by atoms with E-state index in [1.807, 2.05) is 12.1 Å². The van der Waals surface area contributed by atoms with Gasteiger partial charge in [0.2, 0.25) is 0 Å². The van der Waals surface area contributed by atoms with Crippen LogP contribution in [0.3, 0.4) is 0 Å². The molecule has 1 saturated heterocycles. The molecule has 2 aromatic rings. The molecule has 4 rings (SSSR count). The summed E-state index contributed by atoms with van der Waals surface area (Å²) in [6.07, 6.45) is 5.17. The van der Waals surface area contributed by atoms with Crippen molar-refractivity contribution in [1.82, 2.24) is 0 Å². The molecule has 1 aromatic carbocycles. The number of benzene rings is 1. The van der Waals surface area contributed by atoms with Gasteiger partial charge in [-0.1, -0.05) is 41.5 Å². The molecule has 6 nitrogen and oxygen atoms in total. The van der Waals surface area contributed by atoms with Crippen LogP contribution in [0.25, 0.3) is 0 Å². The smallest absolute Gasteiger partial charge is 0.258 e. The third-order valence-electron chi connectivity index (χ3n) is 8.20. The predicted octanol–water partition coefficient (Wildman–Crippen LogP) is 6.84. The monoisotopic (exact) mass is 497 g/mol. The molecule has 0 N–H and O–H groups in total. The van der Waals surface area contributed by atoms with Gasteiger partial charge in [0.15, 0.2) is 11.5 Å². The SMILES string of the molecule is COc1cc2c(cc1O[Si](C(C)C)(C(C)C)C(C)C)CC2(C#N)CCC1(c2ccoc2)OCCO1. The zero-order chi connectivity index (χ0) is 25.4. The Morgan fingerprint density at radius 3 is 2.17 bits per heavy atom. The number of hydrogen-bond donors (Lipinski definition) is 0. The van der Waals surface area contributed by atoms with Crippen molar-refractivity contribution in [2.45, 2.75) is 88.6 Å². The summed E-state index contributed by atoms with van der Waals surface area (Å²) in [5.74, 6) is 0.675. The number of furan rings is 1. The highest BCUT2D eigenvalue weighted by Crippen LogP contribution is 2.52. The third kappa shape index (κ3) is 4.20. The fourth-order valence-electron chi connectivity index (χ4n) is 6.44. The first kappa shape index (κ1) is 25.8. The summed E-state index contributed by atoms with van der Waals surface area (Å²) in [5, 5.41) is 10.3. The van der Waals surface area contributed by atoms with Gasteiger partial charge in [0.05, 0.1) is 44.3 Å². The molecule has 0 radical (unpaired) electrons. The molecule has 0 amide bonds. The maximum atomic E-state index is 10.3.